The van der Waals surface area contributed by atoms with E-state index in [1.165, 1.54) is 6.07 Å². The maximum Gasteiger partial charge on any atom is 0.313 e. The van der Waals surface area contributed by atoms with Gasteiger partial charge in [-0.05, 0) is 31.6 Å². The summed E-state index contributed by atoms with van der Waals surface area (Å²) in [7, 11) is 0. The third kappa shape index (κ3) is 4.36. The first-order chi connectivity index (χ1) is 8.15. The Morgan fingerprint density at radius 2 is 2.29 bits per heavy atom. The van der Waals surface area contributed by atoms with Gasteiger partial charge in [-0.3, -0.25) is 10.1 Å². The maximum atomic E-state index is 12.8. The highest BCUT2D eigenvalue weighted by Crippen LogP contribution is 2.27. The number of nitro groups is 1. The van der Waals surface area contributed by atoms with Gasteiger partial charge in [-0.2, -0.15) is 0 Å². The summed E-state index contributed by atoms with van der Waals surface area (Å²) < 4.78 is 18.1. The molecular formula is C11H15FN2O3. The first-order valence-electron chi connectivity index (χ1n) is 5.42. The molecule has 0 aliphatic heterocycles. The van der Waals surface area contributed by atoms with Gasteiger partial charge in [-0.15, -0.1) is 0 Å². The summed E-state index contributed by atoms with van der Waals surface area (Å²) in [5.41, 5.74) is -0.339. The summed E-state index contributed by atoms with van der Waals surface area (Å²) in [6.07, 6.45) is 0.738. The zero-order chi connectivity index (χ0) is 12.7. The van der Waals surface area contributed by atoms with Crippen molar-refractivity contribution in [2.45, 2.75) is 13.3 Å². The first kappa shape index (κ1) is 13.4. The van der Waals surface area contributed by atoms with E-state index in [0.717, 1.165) is 31.6 Å². The van der Waals surface area contributed by atoms with Crippen LogP contribution in [-0.4, -0.2) is 24.6 Å². The molecule has 0 saturated heterocycles. The van der Waals surface area contributed by atoms with Crippen LogP contribution in [0.15, 0.2) is 18.2 Å². The van der Waals surface area contributed by atoms with Crippen LogP contribution in [-0.2, 0) is 0 Å². The molecule has 0 unspecified atom stereocenters. The van der Waals surface area contributed by atoms with Gasteiger partial charge in [0.05, 0.1) is 17.6 Å². The molecule has 0 aliphatic rings. The summed E-state index contributed by atoms with van der Waals surface area (Å²) in [6, 6.07) is 3.28. The van der Waals surface area contributed by atoms with Gasteiger partial charge in [0.2, 0.25) is 0 Å². The minimum atomic E-state index is -0.650. The van der Waals surface area contributed by atoms with Crippen molar-refractivity contribution in [3.8, 4) is 5.75 Å². The molecule has 1 aromatic rings. The Morgan fingerprint density at radius 1 is 1.53 bits per heavy atom. The van der Waals surface area contributed by atoms with Gasteiger partial charge < -0.3 is 10.1 Å². The van der Waals surface area contributed by atoms with Gasteiger partial charge >= 0.3 is 5.69 Å². The zero-order valence-corrected chi connectivity index (χ0v) is 9.61. The smallest absolute Gasteiger partial charge is 0.313 e. The van der Waals surface area contributed by atoms with Crippen LogP contribution in [0, 0.1) is 15.9 Å². The normalized spacial score (nSPS) is 10.2. The van der Waals surface area contributed by atoms with Crippen LogP contribution in [0.25, 0.3) is 0 Å². The van der Waals surface area contributed by atoms with Gasteiger partial charge in [-0.25, -0.2) is 4.39 Å². The molecule has 5 nitrogen and oxygen atoms in total. The molecule has 0 spiro atoms. The average Bonchev–Trinajstić information content (AvgIpc) is 2.30. The Hall–Kier alpha value is -1.69. The number of ether oxygens (including phenoxy) is 1. The Balaban J connectivity index is 2.55. The number of nitrogens with one attached hydrogen (secondary N) is 1. The molecule has 0 atom stereocenters. The lowest BCUT2D eigenvalue weighted by Crippen LogP contribution is -2.16. The third-order valence-corrected chi connectivity index (χ3v) is 2.12. The van der Waals surface area contributed by atoms with Crippen LogP contribution in [0.2, 0.25) is 0 Å². The van der Waals surface area contributed by atoms with Crippen molar-refractivity contribution >= 4 is 5.69 Å². The fourth-order valence-corrected chi connectivity index (χ4v) is 1.31. The van der Waals surface area contributed by atoms with Crippen LogP contribution in [0.1, 0.15) is 13.3 Å². The van der Waals surface area contributed by atoms with Crippen LogP contribution >= 0.6 is 0 Å². The Bertz CT molecular complexity index is 385. The van der Waals surface area contributed by atoms with E-state index in [1.54, 1.807) is 0 Å². The number of benzene rings is 1. The van der Waals surface area contributed by atoms with Crippen molar-refractivity contribution in [2.75, 3.05) is 19.7 Å². The molecule has 1 N–H and O–H groups in total. The summed E-state index contributed by atoms with van der Waals surface area (Å²) in [4.78, 5) is 10.0. The van der Waals surface area contributed by atoms with Crippen LogP contribution in [0.4, 0.5) is 10.1 Å². The van der Waals surface area contributed by atoms with E-state index < -0.39 is 10.7 Å². The number of hydrogen-bond acceptors (Lipinski definition) is 4. The molecule has 94 valence electrons. The maximum absolute atomic E-state index is 12.8. The lowest BCUT2D eigenvalue weighted by molar-refractivity contribution is -0.386. The molecule has 0 heterocycles. The Labute approximate surface area is 98.7 Å². The zero-order valence-electron chi connectivity index (χ0n) is 9.61. The highest BCUT2D eigenvalue weighted by atomic mass is 19.1. The quantitative estimate of drug-likeness (QED) is 0.452. The number of nitro benzene ring substituents is 1. The third-order valence-electron chi connectivity index (χ3n) is 2.12. The molecule has 0 saturated carbocycles. The molecule has 0 amide bonds. The first-order valence-corrected chi connectivity index (χ1v) is 5.42. The van der Waals surface area contributed by atoms with Crippen LogP contribution in [0.3, 0.4) is 0 Å². The fraction of sp³-hybridized carbons (Fsp3) is 0.455. The molecule has 0 radical (unpaired) electrons. The van der Waals surface area contributed by atoms with Gasteiger partial charge in [0, 0.05) is 0 Å². The van der Waals surface area contributed by atoms with E-state index in [-0.39, 0.29) is 11.4 Å². The predicted molar refractivity (Wildman–Crippen MR) is 61.7 cm³/mol. The van der Waals surface area contributed by atoms with E-state index >= 15 is 0 Å². The van der Waals surface area contributed by atoms with E-state index in [2.05, 4.69) is 5.32 Å². The fourth-order valence-electron chi connectivity index (χ4n) is 1.31. The standard InChI is InChI=1S/C11H15FN2O3/c1-2-13-6-3-7-17-11-5-4-9(12)8-10(11)14(15)16/h4-5,8,13H,2-3,6-7H2,1H3. The van der Waals surface area contributed by atoms with E-state index in [4.69, 9.17) is 4.74 Å². The van der Waals surface area contributed by atoms with Crippen molar-refractivity contribution in [1.29, 1.82) is 0 Å². The van der Waals surface area contributed by atoms with Crippen molar-refractivity contribution in [3.63, 3.8) is 0 Å². The molecule has 6 heteroatoms. The van der Waals surface area contributed by atoms with Crippen LogP contribution in [0.5, 0.6) is 5.75 Å². The molecule has 17 heavy (non-hydrogen) atoms. The molecule has 1 rings (SSSR count). The second-order valence-corrected chi connectivity index (χ2v) is 3.42. The highest BCUT2D eigenvalue weighted by molar-refractivity contribution is 5.46. The van der Waals surface area contributed by atoms with Crippen molar-refractivity contribution < 1.29 is 14.1 Å². The number of halogens is 1. The second-order valence-electron chi connectivity index (χ2n) is 3.42. The van der Waals surface area contributed by atoms with Gasteiger partial charge in [0.1, 0.15) is 5.82 Å². The van der Waals surface area contributed by atoms with E-state index in [0.29, 0.717) is 6.61 Å². The Kier molecular flexibility index (Phi) is 5.35. The largest absolute Gasteiger partial charge is 0.487 e. The number of hydrogen-bond donors (Lipinski definition) is 1. The summed E-state index contributed by atoms with van der Waals surface area (Å²) in [6.45, 7) is 4.01. The molecule has 0 aliphatic carbocycles. The lowest BCUT2D eigenvalue weighted by Gasteiger charge is -2.06. The van der Waals surface area contributed by atoms with Crippen molar-refractivity contribution in [1.82, 2.24) is 5.32 Å². The van der Waals surface area contributed by atoms with Crippen LogP contribution < -0.4 is 10.1 Å². The minimum absolute atomic E-state index is 0.105. The Morgan fingerprint density at radius 3 is 2.94 bits per heavy atom. The monoisotopic (exact) mass is 242 g/mol. The highest BCUT2D eigenvalue weighted by Gasteiger charge is 2.15. The molecule has 0 fully saturated rings. The number of nitrogens with zero attached hydrogens (tertiary/aromatic N) is 1. The minimum Gasteiger partial charge on any atom is -0.487 e. The topological polar surface area (TPSA) is 64.4 Å². The SMILES string of the molecule is CCNCCCOc1ccc(F)cc1[N+](=O)[O-]. The van der Waals surface area contributed by atoms with Crippen molar-refractivity contribution in [2.24, 2.45) is 0 Å². The van der Waals surface area contributed by atoms with Gasteiger partial charge in [0.25, 0.3) is 0 Å². The van der Waals surface area contributed by atoms with E-state index in [1.807, 2.05) is 6.92 Å². The van der Waals surface area contributed by atoms with Gasteiger partial charge in [0.15, 0.2) is 5.75 Å². The summed E-state index contributed by atoms with van der Waals surface area (Å²) in [5.74, 6) is -0.537. The molecule has 1 aromatic carbocycles. The molecular weight excluding hydrogens is 227 g/mol. The molecule has 0 aromatic heterocycles. The van der Waals surface area contributed by atoms with Gasteiger partial charge in [-0.1, -0.05) is 6.92 Å². The average molecular weight is 242 g/mol. The predicted octanol–water partition coefficient (Wildman–Crippen LogP) is 2.11. The lowest BCUT2D eigenvalue weighted by atomic mass is 10.3. The molecule has 0 bridgehead atoms. The second kappa shape index (κ2) is 6.80. The number of rotatable bonds is 7. The van der Waals surface area contributed by atoms with E-state index in [9.17, 15) is 14.5 Å². The van der Waals surface area contributed by atoms with Crippen molar-refractivity contribution in [3.05, 3.63) is 34.1 Å². The summed E-state index contributed by atoms with van der Waals surface area (Å²) >= 11 is 0. The summed E-state index contributed by atoms with van der Waals surface area (Å²) in [5, 5.41) is 13.8.